The van der Waals surface area contributed by atoms with E-state index >= 15 is 0 Å². The van der Waals surface area contributed by atoms with E-state index in [-0.39, 0.29) is 17.2 Å². The van der Waals surface area contributed by atoms with Gasteiger partial charge >= 0.3 is 5.92 Å². The maximum atomic E-state index is 14.2. The SMILES string of the molecule is CC(=O)Nc1cc2c(cn1)C1(CC1)CN2c1cc(C2CCC2)nc(C(C)(F)F)n1. The largest absolute Gasteiger partial charge is 0.325 e. The first-order valence-electron chi connectivity index (χ1n) is 10.1. The molecule has 0 radical (unpaired) electrons. The highest BCUT2D eigenvalue weighted by molar-refractivity contribution is 5.89. The van der Waals surface area contributed by atoms with Gasteiger partial charge in [0.15, 0.2) is 0 Å². The molecule has 0 aromatic carbocycles. The summed E-state index contributed by atoms with van der Waals surface area (Å²) in [4.78, 5) is 26.3. The molecule has 0 unspecified atom stereocenters. The van der Waals surface area contributed by atoms with Crippen LogP contribution in [-0.2, 0) is 16.1 Å². The number of alkyl halides is 2. The van der Waals surface area contributed by atoms with Crippen molar-refractivity contribution in [2.24, 2.45) is 0 Å². The van der Waals surface area contributed by atoms with Crippen LogP contribution in [0.2, 0.25) is 0 Å². The van der Waals surface area contributed by atoms with E-state index < -0.39 is 11.7 Å². The lowest BCUT2D eigenvalue weighted by Crippen LogP contribution is -2.24. The standard InChI is InChI=1S/C21H23F2N5O/c1-12(29)25-17-9-16-14(10-24-17)21(6-7-21)11-28(16)18-8-15(13-4-3-5-13)26-19(27-18)20(2,22)23/h8-10,13H,3-7,11H2,1-2H3,(H,24,25,29). The smallest absolute Gasteiger partial charge is 0.303 e. The second-order valence-electron chi connectivity index (χ2n) is 8.63. The summed E-state index contributed by atoms with van der Waals surface area (Å²) in [5.41, 5.74) is 2.69. The van der Waals surface area contributed by atoms with Crippen LogP contribution in [-0.4, -0.2) is 27.4 Å². The molecule has 2 fully saturated rings. The molecule has 1 N–H and O–H groups in total. The zero-order chi connectivity index (χ0) is 20.4. The van der Waals surface area contributed by atoms with Crippen LogP contribution in [0.3, 0.4) is 0 Å². The Kier molecular flexibility index (Phi) is 3.92. The molecule has 1 amide bonds. The zero-order valence-corrected chi connectivity index (χ0v) is 16.5. The van der Waals surface area contributed by atoms with Crippen LogP contribution >= 0.6 is 0 Å². The average molecular weight is 399 g/mol. The van der Waals surface area contributed by atoms with Gasteiger partial charge in [-0.15, -0.1) is 0 Å². The van der Waals surface area contributed by atoms with Crippen LogP contribution in [0.1, 0.15) is 69.0 Å². The molecule has 8 heteroatoms. The van der Waals surface area contributed by atoms with Crippen molar-refractivity contribution in [3.8, 4) is 0 Å². The van der Waals surface area contributed by atoms with Crippen LogP contribution in [0.5, 0.6) is 0 Å². The molecular formula is C21H23F2N5O. The third kappa shape index (κ3) is 3.14. The van der Waals surface area contributed by atoms with Crippen LogP contribution in [0.15, 0.2) is 18.3 Å². The second kappa shape index (κ2) is 6.18. The van der Waals surface area contributed by atoms with E-state index in [2.05, 4.69) is 20.3 Å². The van der Waals surface area contributed by atoms with Gasteiger partial charge in [0.1, 0.15) is 11.6 Å². The lowest BCUT2D eigenvalue weighted by molar-refractivity contribution is -0.114. The number of halogens is 2. The maximum absolute atomic E-state index is 14.2. The summed E-state index contributed by atoms with van der Waals surface area (Å²) in [6, 6.07) is 3.68. The van der Waals surface area contributed by atoms with Gasteiger partial charge in [0.2, 0.25) is 11.7 Å². The molecule has 5 rings (SSSR count). The fourth-order valence-electron chi connectivity index (χ4n) is 4.28. The van der Waals surface area contributed by atoms with Gasteiger partial charge in [-0.3, -0.25) is 4.79 Å². The van der Waals surface area contributed by atoms with Crippen molar-refractivity contribution in [3.05, 3.63) is 35.4 Å². The minimum Gasteiger partial charge on any atom is -0.325 e. The summed E-state index contributed by atoms with van der Waals surface area (Å²) in [5, 5.41) is 2.71. The van der Waals surface area contributed by atoms with E-state index in [9.17, 15) is 13.6 Å². The lowest BCUT2D eigenvalue weighted by atomic mass is 9.83. The molecule has 3 heterocycles. The normalized spacial score (nSPS) is 19.8. The van der Waals surface area contributed by atoms with Crippen LogP contribution in [0, 0.1) is 0 Å². The number of pyridine rings is 1. The molecule has 152 valence electrons. The fraction of sp³-hybridized carbons (Fsp3) is 0.524. The van der Waals surface area contributed by atoms with Crippen molar-refractivity contribution in [3.63, 3.8) is 0 Å². The van der Waals surface area contributed by atoms with Crippen molar-refractivity contribution in [1.29, 1.82) is 0 Å². The first-order valence-corrected chi connectivity index (χ1v) is 10.1. The summed E-state index contributed by atoms with van der Waals surface area (Å²) in [6.07, 6.45) is 6.93. The first kappa shape index (κ1) is 18.4. The van der Waals surface area contributed by atoms with Gasteiger partial charge in [-0.1, -0.05) is 6.42 Å². The number of nitrogens with one attached hydrogen (secondary N) is 1. The van der Waals surface area contributed by atoms with E-state index in [0.29, 0.717) is 23.9 Å². The quantitative estimate of drug-likeness (QED) is 0.826. The Hall–Kier alpha value is -2.64. The molecule has 29 heavy (non-hydrogen) atoms. The molecular weight excluding hydrogens is 376 g/mol. The summed E-state index contributed by atoms with van der Waals surface area (Å²) in [5.74, 6) is -2.55. The minimum atomic E-state index is -3.10. The molecule has 2 aliphatic carbocycles. The van der Waals surface area contributed by atoms with Crippen LogP contribution in [0.4, 0.5) is 26.1 Å². The van der Waals surface area contributed by atoms with Crippen molar-refractivity contribution in [2.45, 2.75) is 63.2 Å². The maximum Gasteiger partial charge on any atom is 0.303 e. The van der Waals surface area contributed by atoms with Gasteiger partial charge in [-0.2, -0.15) is 8.78 Å². The monoisotopic (exact) mass is 399 g/mol. The molecule has 1 aliphatic heterocycles. The molecule has 1 spiro atoms. The average Bonchev–Trinajstić information content (AvgIpc) is 3.29. The van der Waals surface area contributed by atoms with Gasteiger partial charge in [0, 0.05) is 61.3 Å². The topological polar surface area (TPSA) is 71.0 Å². The number of aromatic nitrogens is 3. The number of amides is 1. The number of fused-ring (bicyclic) bond motifs is 2. The fourth-order valence-corrected chi connectivity index (χ4v) is 4.28. The Morgan fingerprint density at radius 3 is 2.62 bits per heavy atom. The Bertz CT molecular complexity index is 995. The Morgan fingerprint density at radius 1 is 1.28 bits per heavy atom. The zero-order valence-electron chi connectivity index (χ0n) is 16.5. The first-order chi connectivity index (χ1) is 13.7. The third-order valence-corrected chi connectivity index (χ3v) is 6.29. The molecule has 0 saturated heterocycles. The van der Waals surface area contributed by atoms with Crippen molar-refractivity contribution in [1.82, 2.24) is 15.0 Å². The number of hydrogen-bond donors (Lipinski definition) is 1. The van der Waals surface area contributed by atoms with E-state index in [1.807, 2.05) is 17.0 Å². The summed E-state index contributed by atoms with van der Waals surface area (Å²) in [6.45, 7) is 2.96. The predicted molar refractivity (Wildman–Crippen MR) is 105 cm³/mol. The van der Waals surface area contributed by atoms with Gasteiger partial charge in [0.25, 0.3) is 0 Å². The number of anilines is 3. The number of carbonyl (C=O) groups is 1. The Labute approximate surface area is 167 Å². The molecule has 2 saturated carbocycles. The van der Waals surface area contributed by atoms with E-state index in [4.69, 9.17) is 0 Å². The Balaban J connectivity index is 1.60. The van der Waals surface area contributed by atoms with Gasteiger partial charge in [0.05, 0.1) is 5.69 Å². The molecule has 3 aliphatic rings. The summed E-state index contributed by atoms with van der Waals surface area (Å²) < 4.78 is 28.3. The number of nitrogens with zero attached hydrogens (tertiary/aromatic N) is 4. The van der Waals surface area contributed by atoms with E-state index in [0.717, 1.165) is 50.3 Å². The second-order valence-corrected chi connectivity index (χ2v) is 8.63. The van der Waals surface area contributed by atoms with Gasteiger partial charge in [-0.05, 0) is 25.7 Å². The summed E-state index contributed by atoms with van der Waals surface area (Å²) >= 11 is 0. The summed E-state index contributed by atoms with van der Waals surface area (Å²) in [7, 11) is 0. The van der Waals surface area contributed by atoms with Crippen LogP contribution < -0.4 is 10.2 Å². The molecule has 0 atom stereocenters. The van der Waals surface area contributed by atoms with Crippen molar-refractivity contribution < 1.29 is 13.6 Å². The lowest BCUT2D eigenvalue weighted by Gasteiger charge is -2.28. The van der Waals surface area contributed by atoms with Gasteiger partial charge < -0.3 is 10.2 Å². The van der Waals surface area contributed by atoms with E-state index in [1.54, 1.807) is 6.20 Å². The van der Waals surface area contributed by atoms with Crippen molar-refractivity contribution in [2.75, 3.05) is 16.8 Å². The van der Waals surface area contributed by atoms with Gasteiger partial charge in [-0.25, -0.2) is 15.0 Å². The Morgan fingerprint density at radius 2 is 2.03 bits per heavy atom. The third-order valence-electron chi connectivity index (χ3n) is 6.29. The van der Waals surface area contributed by atoms with Crippen molar-refractivity contribution >= 4 is 23.2 Å². The molecule has 0 bridgehead atoms. The van der Waals surface area contributed by atoms with E-state index in [1.165, 1.54) is 6.92 Å². The molecule has 2 aromatic heterocycles. The molecule has 2 aromatic rings. The highest BCUT2D eigenvalue weighted by Crippen LogP contribution is 2.58. The highest BCUT2D eigenvalue weighted by atomic mass is 19.3. The number of hydrogen-bond acceptors (Lipinski definition) is 5. The van der Waals surface area contributed by atoms with Crippen LogP contribution in [0.25, 0.3) is 0 Å². The number of carbonyl (C=O) groups excluding carboxylic acids is 1. The predicted octanol–water partition coefficient (Wildman–Crippen LogP) is 4.39. The molecule has 6 nitrogen and oxygen atoms in total. The minimum absolute atomic E-state index is 0.00751. The number of rotatable bonds is 4. The highest BCUT2D eigenvalue weighted by Gasteiger charge is 2.53.